The molecule has 0 aliphatic heterocycles. The van der Waals surface area contributed by atoms with Gasteiger partial charge in [0.2, 0.25) is 0 Å². The fraction of sp³-hybridized carbons (Fsp3) is 0.0714. The van der Waals surface area contributed by atoms with Crippen molar-refractivity contribution in [2.24, 2.45) is 0 Å². The zero-order valence-electron chi connectivity index (χ0n) is 11.0. The van der Waals surface area contributed by atoms with Crippen LogP contribution in [0.1, 0.15) is 10.4 Å². The van der Waals surface area contributed by atoms with Crippen LogP contribution in [0.25, 0.3) is 0 Å². The Morgan fingerprint density at radius 1 is 1.13 bits per heavy atom. The first-order valence-electron chi connectivity index (χ1n) is 5.92. The van der Waals surface area contributed by atoms with Gasteiger partial charge in [-0.1, -0.05) is 11.6 Å². The molecule has 2 rings (SSSR count). The summed E-state index contributed by atoms with van der Waals surface area (Å²) in [6.45, 7) is 0. The van der Waals surface area contributed by atoms with Gasteiger partial charge in [0.25, 0.3) is 0 Å². The maximum absolute atomic E-state index is 12.2. The Balaban J connectivity index is 2.21. The smallest absolute Gasteiger partial charge is 0.478 e. The normalized spacial score (nSPS) is 11.2. The third kappa shape index (κ3) is 4.77. The molecule has 0 spiro atoms. The second-order valence-electron chi connectivity index (χ2n) is 4.19. The summed E-state index contributed by atoms with van der Waals surface area (Å²) < 4.78 is 46.0. The van der Waals surface area contributed by atoms with E-state index in [0.717, 1.165) is 12.1 Å². The van der Waals surface area contributed by atoms with Gasteiger partial charge in [-0.2, -0.15) is 0 Å². The van der Waals surface area contributed by atoms with E-state index in [1.807, 2.05) is 0 Å². The van der Waals surface area contributed by atoms with Crippen LogP contribution in [-0.4, -0.2) is 17.4 Å². The minimum atomic E-state index is -4.85. The minimum absolute atomic E-state index is 0.0520. The molecule has 23 heavy (non-hydrogen) atoms. The fourth-order valence-corrected chi connectivity index (χ4v) is 2.26. The van der Waals surface area contributed by atoms with E-state index in [0.29, 0.717) is 4.47 Å². The van der Waals surface area contributed by atoms with E-state index in [-0.39, 0.29) is 22.1 Å². The summed E-state index contributed by atoms with van der Waals surface area (Å²) in [7, 11) is 0. The van der Waals surface area contributed by atoms with Gasteiger partial charge < -0.3 is 14.6 Å². The van der Waals surface area contributed by atoms with Gasteiger partial charge in [0.1, 0.15) is 17.2 Å². The van der Waals surface area contributed by atoms with Gasteiger partial charge in [0.05, 0.1) is 15.1 Å². The van der Waals surface area contributed by atoms with E-state index in [9.17, 15) is 18.0 Å². The predicted molar refractivity (Wildman–Crippen MR) is 79.3 cm³/mol. The maximum atomic E-state index is 12.2. The molecule has 1 N–H and O–H groups in total. The Morgan fingerprint density at radius 2 is 1.78 bits per heavy atom. The number of benzene rings is 2. The molecule has 0 aliphatic rings. The zero-order chi connectivity index (χ0) is 17.2. The molecular formula is C14H7BrClF3O4. The van der Waals surface area contributed by atoms with Gasteiger partial charge in [-0.15, -0.1) is 13.2 Å². The molecule has 0 heterocycles. The monoisotopic (exact) mass is 410 g/mol. The summed E-state index contributed by atoms with van der Waals surface area (Å²) in [6.07, 6.45) is -4.85. The van der Waals surface area contributed by atoms with Crippen LogP contribution in [0, 0.1) is 0 Å². The molecule has 0 saturated carbocycles. The maximum Gasteiger partial charge on any atom is 0.573 e. The molecule has 2 aromatic carbocycles. The van der Waals surface area contributed by atoms with Crippen molar-refractivity contribution < 1.29 is 32.5 Å². The Bertz CT molecular complexity index is 749. The lowest BCUT2D eigenvalue weighted by Crippen LogP contribution is -2.17. The van der Waals surface area contributed by atoms with Crippen LogP contribution in [0.2, 0.25) is 5.02 Å². The lowest BCUT2D eigenvalue weighted by atomic mass is 10.2. The summed E-state index contributed by atoms with van der Waals surface area (Å²) in [5.74, 6) is -1.22. The topological polar surface area (TPSA) is 55.8 Å². The van der Waals surface area contributed by atoms with Crippen molar-refractivity contribution in [1.82, 2.24) is 0 Å². The van der Waals surface area contributed by atoms with E-state index >= 15 is 0 Å². The van der Waals surface area contributed by atoms with E-state index in [1.165, 1.54) is 24.3 Å². The molecule has 0 aliphatic carbocycles. The zero-order valence-corrected chi connectivity index (χ0v) is 13.4. The van der Waals surface area contributed by atoms with Crippen molar-refractivity contribution in [3.8, 4) is 17.2 Å². The lowest BCUT2D eigenvalue weighted by molar-refractivity contribution is -0.274. The van der Waals surface area contributed by atoms with E-state index < -0.39 is 18.1 Å². The first-order chi connectivity index (χ1) is 10.7. The highest BCUT2D eigenvalue weighted by atomic mass is 79.9. The largest absolute Gasteiger partial charge is 0.573 e. The molecule has 0 aromatic heterocycles. The van der Waals surface area contributed by atoms with Gasteiger partial charge in [-0.3, -0.25) is 0 Å². The third-order valence-electron chi connectivity index (χ3n) is 2.54. The molecule has 2 aromatic rings. The number of rotatable bonds is 4. The van der Waals surface area contributed by atoms with Crippen molar-refractivity contribution >= 4 is 33.5 Å². The number of carboxylic acids is 1. The summed E-state index contributed by atoms with van der Waals surface area (Å²) in [5, 5.41) is 8.59. The van der Waals surface area contributed by atoms with Gasteiger partial charge in [-0.05, 0) is 46.3 Å². The molecule has 0 amide bonds. The Kier molecular flexibility index (Phi) is 5.06. The van der Waals surface area contributed by atoms with Gasteiger partial charge in [0, 0.05) is 6.07 Å². The van der Waals surface area contributed by atoms with Crippen molar-refractivity contribution in [3.05, 3.63) is 51.5 Å². The van der Waals surface area contributed by atoms with Crippen molar-refractivity contribution in [2.45, 2.75) is 6.36 Å². The molecule has 0 radical (unpaired) electrons. The summed E-state index contributed by atoms with van der Waals surface area (Å²) in [5.41, 5.74) is 0.0520. The minimum Gasteiger partial charge on any atom is -0.478 e. The standard InChI is InChI=1S/C14H7BrClF3O4/c15-9-5-7(13(20)21)1-3-11(9)22-8-2-4-12(10(16)6-8)23-14(17,18)19/h1-6H,(H,20,21). The lowest BCUT2D eigenvalue weighted by Gasteiger charge is -2.12. The summed E-state index contributed by atoms with van der Waals surface area (Å²) >= 11 is 8.86. The Labute approximate surface area is 141 Å². The molecule has 0 unspecified atom stereocenters. The number of halogens is 5. The second-order valence-corrected chi connectivity index (χ2v) is 5.45. The highest BCUT2D eigenvalue weighted by molar-refractivity contribution is 9.10. The molecule has 9 heteroatoms. The van der Waals surface area contributed by atoms with Crippen LogP contribution in [0.5, 0.6) is 17.2 Å². The highest BCUT2D eigenvalue weighted by Gasteiger charge is 2.32. The molecule has 0 saturated heterocycles. The van der Waals surface area contributed by atoms with E-state index in [2.05, 4.69) is 20.7 Å². The second kappa shape index (κ2) is 6.67. The van der Waals surface area contributed by atoms with E-state index in [1.54, 1.807) is 0 Å². The summed E-state index contributed by atoms with van der Waals surface area (Å²) in [4.78, 5) is 10.8. The van der Waals surface area contributed by atoms with Crippen molar-refractivity contribution in [2.75, 3.05) is 0 Å². The molecule has 4 nitrogen and oxygen atoms in total. The molecule has 0 bridgehead atoms. The first kappa shape index (κ1) is 17.4. The van der Waals surface area contributed by atoms with Crippen LogP contribution < -0.4 is 9.47 Å². The number of aromatic carboxylic acids is 1. The molecule has 0 fully saturated rings. The quantitative estimate of drug-likeness (QED) is 0.723. The Hall–Kier alpha value is -1.93. The first-order valence-corrected chi connectivity index (χ1v) is 7.09. The SMILES string of the molecule is O=C(O)c1ccc(Oc2ccc(OC(F)(F)F)c(Cl)c2)c(Br)c1. The average Bonchev–Trinajstić information content (AvgIpc) is 2.42. The predicted octanol–water partition coefficient (Wildman–Crippen LogP) is 5.49. The number of hydrogen-bond donors (Lipinski definition) is 1. The fourth-order valence-electron chi connectivity index (χ4n) is 1.60. The van der Waals surface area contributed by atoms with Crippen LogP contribution >= 0.6 is 27.5 Å². The van der Waals surface area contributed by atoms with Gasteiger partial charge >= 0.3 is 12.3 Å². The van der Waals surface area contributed by atoms with Crippen LogP contribution in [0.15, 0.2) is 40.9 Å². The molecule has 122 valence electrons. The number of carboxylic acid groups (broad SMARTS) is 1. The van der Waals surface area contributed by atoms with Gasteiger partial charge in [-0.25, -0.2) is 4.79 Å². The highest BCUT2D eigenvalue weighted by Crippen LogP contribution is 2.36. The molecular weight excluding hydrogens is 405 g/mol. The molecule has 0 atom stereocenters. The number of ether oxygens (including phenoxy) is 2. The van der Waals surface area contributed by atoms with Crippen LogP contribution in [-0.2, 0) is 0 Å². The van der Waals surface area contributed by atoms with Crippen LogP contribution in [0.4, 0.5) is 13.2 Å². The van der Waals surface area contributed by atoms with Gasteiger partial charge in [0.15, 0.2) is 0 Å². The Morgan fingerprint density at radius 3 is 2.30 bits per heavy atom. The number of carbonyl (C=O) groups is 1. The third-order valence-corrected chi connectivity index (χ3v) is 3.45. The van der Waals surface area contributed by atoms with E-state index in [4.69, 9.17) is 21.4 Å². The summed E-state index contributed by atoms with van der Waals surface area (Å²) in [6, 6.07) is 7.47. The number of alkyl halides is 3. The number of hydrogen-bond acceptors (Lipinski definition) is 3. The van der Waals surface area contributed by atoms with Crippen LogP contribution in [0.3, 0.4) is 0 Å². The average molecular weight is 412 g/mol. The van der Waals surface area contributed by atoms with Crippen molar-refractivity contribution in [1.29, 1.82) is 0 Å². The van der Waals surface area contributed by atoms with Crippen molar-refractivity contribution in [3.63, 3.8) is 0 Å².